The molecule has 0 atom stereocenters. The van der Waals surface area contributed by atoms with E-state index in [4.69, 9.17) is 10.2 Å². The minimum absolute atomic E-state index is 0.183. The van der Waals surface area contributed by atoms with Crippen LogP contribution in [-0.2, 0) is 9.59 Å². The predicted octanol–water partition coefficient (Wildman–Crippen LogP) is 3.53. The molecule has 1 aromatic rings. The Morgan fingerprint density at radius 2 is 1.32 bits per heavy atom. The number of hydrogen-bond donors (Lipinski definition) is 3. The highest BCUT2D eigenvalue weighted by molar-refractivity contribution is 5.94. The van der Waals surface area contributed by atoms with Crippen molar-refractivity contribution in [1.82, 2.24) is 5.32 Å². The summed E-state index contributed by atoms with van der Waals surface area (Å²) in [6.45, 7) is 1.99. The lowest BCUT2D eigenvalue weighted by molar-refractivity contribution is -0.136. The molecule has 0 spiro atoms. The zero-order chi connectivity index (χ0) is 20.8. The van der Waals surface area contributed by atoms with Gasteiger partial charge in [-0.2, -0.15) is 0 Å². The van der Waals surface area contributed by atoms with Crippen LogP contribution >= 0.6 is 0 Å². The van der Waals surface area contributed by atoms with Crippen LogP contribution in [0.3, 0.4) is 0 Å². The Hall–Kier alpha value is -2.57. The van der Waals surface area contributed by atoms with E-state index in [0.717, 1.165) is 12.8 Å². The van der Waals surface area contributed by atoms with Crippen LogP contribution in [0.15, 0.2) is 24.3 Å². The number of aliphatic carboxylic acids is 2. The molecule has 0 heterocycles. The first-order valence-electron chi connectivity index (χ1n) is 10.0. The van der Waals surface area contributed by atoms with Gasteiger partial charge in [-0.3, -0.25) is 14.4 Å². The molecule has 3 N–H and O–H groups in total. The van der Waals surface area contributed by atoms with E-state index in [9.17, 15) is 14.4 Å². The smallest absolute Gasteiger partial charge is 0.323 e. The van der Waals surface area contributed by atoms with Crippen molar-refractivity contribution in [2.24, 2.45) is 0 Å². The van der Waals surface area contributed by atoms with Crippen molar-refractivity contribution < 1.29 is 24.6 Å². The van der Waals surface area contributed by atoms with Crippen molar-refractivity contribution in [3.8, 4) is 0 Å². The highest BCUT2D eigenvalue weighted by Gasteiger charge is 2.15. The molecule has 0 radical (unpaired) electrons. The van der Waals surface area contributed by atoms with Gasteiger partial charge >= 0.3 is 11.9 Å². The van der Waals surface area contributed by atoms with Crippen molar-refractivity contribution in [3.63, 3.8) is 0 Å². The maximum absolute atomic E-state index is 12.2. The number of carbonyl (C=O) groups is 3. The Balaban J connectivity index is 2.38. The Bertz CT molecular complexity index is 600. The number of nitrogens with one attached hydrogen (secondary N) is 1. The van der Waals surface area contributed by atoms with Gasteiger partial charge in [0.15, 0.2) is 0 Å². The number of nitrogens with zero attached hydrogens (tertiary/aromatic N) is 1. The largest absolute Gasteiger partial charge is 0.480 e. The molecule has 0 aromatic heterocycles. The molecule has 0 bridgehead atoms. The highest BCUT2D eigenvalue weighted by Crippen LogP contribution is 2.15. The van der Waals surface area contributed by atoms with E-state index in [1.54, 1.807) is 24.3 Å². The first-order chi connectivity index (χ1) is 13.4. The van der Waals surface area contributed by atoms with Crippen LogP contribution in [0.5, 0.6) is 0 Å². The molecule has 0 aliphatic heterocycles. The van der Waals surface area contributed by atoms with Gasteiger partial charge in [0.2, 0.25) is 0 Å². The summed E-state index contributed by atoms with van der Waals surface area (Å²) >= 11 is 0. The number of carboxylic acid groups (broad SMARTS) is 2. The molecule has 0 aliphatic rings. The quantitative estimate of drug-likeness (QED) is 0.394. The maximum atomic E-state index is 12.2. The number of amides is 1. The lowest BCUT2D eigenvalue weighted by Gasteiger charge is -2.20. The molecule has 7 nitrogen and oxygen atoms in total. The SMILES string of the molecule is CCCCCCCCCCNC(=O)c1ccc(N(CC(=O)O)CC(=O)O)cc1. The summed E-state index contributed by atoms with van der Waals surface area (Å²) < 4.78 is 0. The maximum Gasteiger partial charge on any atom is 0.323 e. The molecule has 0 fully saturated rings. The van der Waals surface area contributed by atoms with Crippen LogP contribution in [0.2, 0.25) is 0 Å². The van der Waals surface area contributed by atoms with E-state index in [2.05, 4.69) is 12.2 Å². The third-order valence-corrected chi connectivity index (χ3v) is 4.46. The number of unbranched alkanes of at least 4 members (excludes halogenated alkanes) is 7. The Morgan fingerprint density at radius 1 is 0.821 bits per heavy atom. The highest BCUT2D eigenvalue weighted by atomic mass is 16.4. The van der Waals surface area contributed by atoms with Gasteiger partial charge < -0.3 is 20.4 Å². The van der Waals surface area contributed by atoms with E-state index < -0.39 is 25.0 Å². The van der Waals surface area contributed by atoms with Gasteiger partial charge in [-0.1, -0.05) is 51.9 Å². The average molecular weight is 392 g/mol. The van der Waals surface area contributed by atoms with Crippen LogP contribution in [0.4, 0.5) is 5.69 Å². The lowest BCUT2D eigenvalue weighted by atomic mass is 10.1. The van der Waals surface area contributed by atoms with Crippen molar-refractivity contribution in [2.45, 2.75) is 58.3 Å². The zero-order valence-electron chi connectivity index (χ0n) is 16.7. The van der Waals surface area contributed by atoms with E-state index in [1.165, 1.54) is 43.4 Å². The molecule has 28 heavy (non-hydrogen) atoms. The second-order valence-electron chi connectivity index (χ2n) is 6.92. The zero-order valence-corrected chi connectivity index (χ0v) is 16.7. The van der Waals surface area contributed by atoms with Crippen LogP contribution in [0.25, 0.3) is 0 Å². The number of benzene rings is 1. The minimum atomic E-state index is -1.12. The standard InChI is InChI=1S/C21H32N2O5/c1-2-3-4-5-6-7-8-9-14-22-21(28)17-10-12-18(13-11-17)23(15-19(24)25)16-20(26)27/h10-13H,2-9,14-16H2,1H3,(H,22,28)(H,24,25)(H,26,27). The molecule has 7 heteroatoms. The molecule has 0 saturated carbocycles. The van der Waals surface area contributed by atoms with Crippen LogP contribution < -0.4 is 10.2 Å². The van der Waals surface area contributed by atoms with Crippen molar-refractivity contribution in [2.75, 3.05) is 24.5 Å². The van der Waals surface area contributed by atoms with Crippen LogP contribution in [0.1, 0.15) is 68.6 Å². The molecule has 156 valence electrons. The summed E-state index contributed by atoms with van der Waals surface area (Å²) in [5, 5.41) is 20.7. The third-order valence-electron chi connectivity index (χ3n) is 4.46. The molecular formula is C21H32N2O5. The van der Waals surface area contributed by atoms with Gasteiger partial charge in [0.25, 0.3) is 5.91 Å². The molecule has 0 unspecified atom stereocenters. The fourth-order valence-corrected chi connectivity index (χ4v) is 2.95. The Labute approximate surface area is 166 Å². The van der Waals surface area contributed by atoms with E-state index in [1.807, 2.05) is 0 Å². The Kier molecular flexibility index (Phi) is 11.4. The van der Waals surface area contributed by atoms with Gasteiger partial charge in [0.1, 0.15) is 13.1 Å². The van der Waals surface area contributed by atoms with Crippen LogP contribution in [0, 0.1) is 0 Å². The van der Waals surface area contributed by atoms with Gasteiger partial charge in [-0.25, -0.2) is 0 Å². The predicted molar refractivity (Wildman–Crippen MR) is 109 cm³/mol. The molecule has 1 amide bonds. The third kappa shape index (κ3) is 9.94. The molecule has 1 aromatic carbocycles. The number of hydrogen-bond acceptors (Lipinski definition) is 4. The van der Waals surface area contributed by atoms with Crippen molar-refractivity contribution in [3.05, 3.63) is 29.8 Å². The fraction of sp³-hybridized carbons (Fsp3) is 0.571. The molecular weight excluding hydrogens is 360 g/mol. The van der Waals surface area contributed by atoms with E-state index in [-0.39, 0.29) is 5.91 Å². The molecule has 0 saturated heterocycles. The second kappa shape index (κ2) is 13.6. The summed E-state index contributed by atoms with van der Waals surface area (Å²) in [5.41, 5.74) is 0.915. The first kappa shape index (κ1) is 23.5. The number of anilines is 1. The van der Waals surface area contributed by atoms with Gasteiger partial charge in [0, 0.05) is 17.8 Å². The number of carboxylic acids is 2. The molecule has 0 aliphatic carbocycles. The lowest BCUT2D eigenvalue weighted by Crippen LogP contribution is -2.34. The van der Waals surface area contributed by atoms with E-state index in [0.29, 0.717) is 17.8 Å². The van der Waals surface area contributed by atoms with Crippen LogP contribution in [-0.4, -0.2) is 47.7 Å². The summed E-state index contributed by atoms with van der Waals surface area (Å²) in [5.74, 6) is -2.42. The summed E-state index contributed by atoms with van der Waals surface area (Å²) in [6, 6.07) is 6.29. The van der Waals surface area contributed by atoms with Gasteiger partial charge in [0.05, 0.1) is 0 Å². The van der Waals surface area contributed by atoms with Crippen molar-refractivity contribution >= 4 is 23.5 Å². The second-order valence-corrected chi connectivity index (χ2v) is 6.92. The molecule has 1 rings (SSSR count). The Morgan fingerprint density at radius 3 is 1.82 bits per heavy atom. The number of rotatable bonds is 15. The average Bonchev–Trinajstić information content (AvgIpc) is 2.65. The summed E-state index contributed by atoms with van der Waals surface area (Å²) in [4.78, 5) is 35.2. The normalized spacial score (nSPS) is 10.5. The van der Waals surface area contributed by atoms with Crippen molar-refractivity contribution in [1.29, 1.82) is 0 Å². The monoisotopic (exact) mass is 392 g/mol. The first-order valence-corrected chi connectivity index (χ1v) is 10.0. The summed E-state index contributed by atoms with van der Waals surface area (Å²) in [6.07, 6.45) is 9.64. The topological polar surface area (TPSA) is 107 Å². The van der Waals surface area contributed by atoms with Gasteiger partial charge in [-0.05, 0) is 30.7 Å². The van der Waals surface area contributed by atoms with Gasteiger partial charge in [-0.15, -0.1) is 0 Å². The minimum Gasteiger partial charge on any atom is -0.480 e. The number of carbonyl (C=O) groups excluding carboxylic acids is 1. The summed E-state index contributed by atoms with van der Waals surface area (Å²) in [7, 11) is 0. The van der Waals surface area contributed by atoms with E-state index >= 15 is 0 Å². The fourth-order valence-electron chi connectivity index (χ4n) is 2.95.